The third-order valence-electron chi connectivity index (χ3n) is 3.03. The van der Waals surface area contributed by atoms with E-state index in [1.165, 1.54) is 0 Å². The first-order valence-corrected chi connectivity index (χ1v) is 6.25. The predicted octanol–water partition coefficient (Wildman–Crippen LogP) is 2.66. The van der Waals surface area contributed by atoms with E-state index in [1.807, 2.05) is 24.3 Å². The molecule has 0 aromatic heterocycles. The molecule has 0 unspecified atom stereocenters. The van der Waals surface area contributed by atoms with Crippen LogP contribution in [0.3, 0.4) is 0 Å². The smallest absolute Gasteiger partial charge is 0.244 e. The molecule has 1 aromatic carbocycles. The Balaban J connectivity index is 2.07. The molecule has 0 radical (unpaired) electrons. The normalized spacial score (nSPS) is 18.4. The monoisotopic (exact) mass is 282 g/mol. The number of hydrogen-bond donors (Lipinski definition) is 2. The molecule has 4 heteroatoms. The van der Waals surface area contributed by atoms with Crippen molar-refractivity contribution >= 4 is 27.5 Å². The lowest BCUT2D eigenvalue weighted by Crippen LogP contribution is -2.48. The molecule has 3 nitrogen and oxygen atoms in total. The van der Waals surface area contributed by atoms with Gasteiger partial charge in [-0.2, -0.15) is 0 Å². The lowest BCUT2D eigenvalue weighted by molar-refractivity contribution is -0.121. The first-order valence-electron chi connectivity index (χ1n) is 5.46. The van der Waals surface area contributed by atoms with Gasteiger partial charge in [-0.15, -0.1) is 0 Å². The van der Waals surface area contributed by atoms with E-state index < -0.39 is 5.54 Å². The summed E-state index contributed by atoms with van der Waals surface area (Å²) in [6, 6.07) is 7.54. The number of nitrogens with one attached hydrogen (secondary N) is 1. The Hall–Kier alpha value is -0.870. The fourth-order valence-corrected chi connectivity index (χ4v) is 2.45. The molecule has 0 bridgehead atoms. The van der Waals surface area contributed by atoms with Crippen LogP contribution in [0.25, 0.3) is 0 Å². The fourth-order valence-electron chi connectivity index (χ4n) is 2.05. The maximum Gasteiger partial charge on any atom is 0.244 e. The van der Waals surface area contributed by atoms with Gasteiger partial charge < -0.3 is 11.1 Å². The van der Waals surface area contributed by atoms with E-state index in [1.54, 1.807) is 0 Å². The van der Waals surface area contributed by atoms with E-state index in [9.17, 15) is 4.79 Å². The number of anilines is 1. The van der Waals surface area contributed by atoms with E-state index >= 15 is 0 Å². The molecule has 1 aliphatic carbocycles. The standard InChI is InChI=1S/C12H15BrN2O/c13-9-4-3-5-10(8-9)15-11(16)12(14)6-1-2-7-12/h3-5,8H,1-2,6-7,14H2,(H,15,16). The Bertz CT molecular complexity index is 400. The van der Waals surface area contributed by atoms with Crippen LogP contribution in [-0.2, 0) is 4.79 Å². The van der Waals surface area contributed by atoms with Gasteiger partial charge in [-0.3, -0.25) is 4.79 Å². The summed E-state index contributed by atoms with van der Waals surface area (Å²) in [7, 11) is 0. The van der Waals surface area contributed by atoms with Crippen LogP contribution in [0.4, 0.5) is 5.69 Å². The summed E-state index contributed by atoms with van der Waals surface area (Å²) in [4.78, 5) is 12.0. The zero-order valence-electron chi connectivity index (χ0n) is 9.00. The highest BCUT2D eigenvalue weighted by Crippen LogP contribution is 2.28. The number of nitrogens with two attached hydrogens (primary N) is 1. The Kier molecular flexibility index (Phi) is 3.30. The highest BCUT2D eigenvalue weighted by Gasteiger charge is 2.36. The second kappa shape index (κ2) is 4.55. The number of halogens is 1. The highest BCUT2D eigenvalue weighted by atomic mass is 79.9. The third-order valence-corrected chi connectivity index (χ3v) is 3.52. The maximum absolute atomic E-state index is 12.0. The second-order valence-electron chi connectivity index (χ2n) is 4.33. The molecule has 1 fully saturated rings. The number of benzene rings is 1. The quantitative estimate of drug-likeness (QED) is 0.876. The summed E-state index contributed by atoms with van der Waals surface area (Å²) in [5.74, 6) is -0.0666. The van der Waals surface area contributed by atoms with E-state index in [4.69, 9.17) is 5.73 Å². The molecule has 1 aromatic rings. The summed E-state index contributed by atoms with van der Waals surface area (Å²) in [5, 5.41) is 2.87. The molecule has 0 atom stereocenters. The first kappa shape index (κ1) is 11.6. The van der Waals surface area contributed by atoms with Crippen LogP contribution in [0, 0.1) is 0 Å². The summed E-state index contributed by atoms with van der Waals surface area (Å²) < 4.78 is 0.947. The van der Waals surface area contributed by atoms with Gasteiger partial charge >= 0.3 is 0 Å². The van der Waals surface area contributed by atoms with Crippen molar-refractivity contribution in [3.63, 3.8) is 0 Å². The molecule has 0 saturated heterocycles. The molecule has 2 rings (SSSR count). The average Bonchev–Trinajstić information content (AvgIpc) is 2.66. The zero-order chi connectivity index (χ0) is 11.6. The summed E-state index contributed by atoms with van der Waals surface area (Å²) in [6.45, 7) is 0. The molecule has 3 N–H and O–H groups in total. The van der Waals surface area contributed by atoms with Crippen LogP contribution in [0.2, 0.25) is 0 Å². The van der Waals surface area contributed by atoms with Crippen molar-refractivity contribution in [2.24, 2.45) is 5.73 Å². The van der Waals surface area contributed by atoms with Crippen molar-refractivity contribution in [3.8, 4) is 0 Å². The summed E-state index contributed by atoms with van der Waals surface area (Å²) in [5.41, 5.74) is 6.19. The molecule has 16 heavy (non-hydrogen) atoms. The van der Waals surface area contributed by atoms with Gasteiger partial charge in [0.05, 0.1) is 5.54 Å². The molecule has 0 spiro atoms. The Labute approximate surface area is 104 Å². The van der Waals surface area contributed by atoms with Crippen molar-refractivity contribution in [2.75, 3.05) is 5.32 Å². The molecular weight excluding hydrogens is 268 g/mol. The summed E-state index contributed by atoms with van der Waals surface area (Å²) in [6.07, 6.45) is 3.66. The number of carbonyl (C=O) groups is 1. The molecule has 1 aliphatic rings. The molecule has 86 valence electrons. The molecule has 1 amide bonds. The Morgan fingerprint density at radius 2 is 2.06 bits per heavy atom. The minimum atomic E-state index is -0.664. The fraction of sp³-hybridized carbons (Fsp3) is 0.417. The SMILES string of the molecule is NC1(C(=O)Nc2cccc(Br)c2)CCCC1. The van der Waals surface area contributed by atoms with Crippen molar-refractivity contribution in [1.29, 1.82) is 0 Å². The van der Waals surface area contributed by atoms with E-state index in [0.29, 0.717) is 0 Å². The first-order chi connectivity index (χ1) is 7.60. The van der Waals surface area contributed by atoms with Crippen molar-refractivity contribution in [2.45, 2.75) is 31.2 Å². The van der Waals surface area contributed by atoms with Gasteiger partial charge in [0.2, 0.25) is 5.91 Å². The second-order valence-corrected chi connectivity index (χ2v) is 5.24. The largest absolute Gasteiger partial charge is 0.324 e. The van der Waals surface area contributed by atoms with Gasteiger partial charge in [0.25, 0.3) is 0 Å². The number of hydrogen-bond acceptors (Lipinski definition) is 2. The minimum absolute atomic E-state index is 0.0666. The van der Waals surface area contributed by atoms with Gasteiger partial charge in [-0.1, -0.05) is 34.8 Å². The molecular formula is C12H15BrN2O. The lowest BCUT2D eigenvalue weighted by Gasteiger charge is -2.22. The minimum Gasteiger partial charge on any atom is -0.324 e. The predicted molar refractivity (Wildman–Crippen MR) is 68.2 cm³/mol. The van der Waals surface area contributed by atoms with Crippen LogP contribution >= 0.6 is 15.9 Å². The van der Waals surface area contributed by atoms with Gasteiger partial charge in [0.1, 0.15) is 0 Å². The lowest BCUT2D eigenvalue weighted by atomic mass is 9.98. The van der Waals surface area contributed by atoms with Crippen molar-refractivity contribution in [3.05, 3.63) is 28.7 Å². The zero-order valence-corrected chi connectivity index (χ0v) is 10.6. The van der Waals surface area contributed by atoms with Crippen LogP contribution in [0.1, 0.15) is 25.7 Å². The van der Waals surface area contributed by atoms with E-state index in [0.717, 1.165) is 35.8 Å². The number of rotatable bonds is 2. The van der Waals surface area contributed by atoms with Crippen molar-refractivity contribution < 1.29 is 4.79 Å². The van der Waals surface area contributed by atoms with E-state index in [-0.39, 0.29) is 5.91 Å². The summed E-state index contributed by atoms with van der Waals surface area (Å²) >= 11 is 3.37. The maximum atomic E-state index is 12.0. The highest BCUT2D eigenvalue weighted by molar-refractivity contribution is 9.10. The van der Waals surface area contributed by atoms with E-state index in [2.05, 4.69) is 21.2 Å². The Morgan fingerprint density at radius 3 is 2.69 bits per heavy atom. The van der Waals surface area contributed by atoms with Gasteiger partial charge in [0, 0.05) is 10.2 Å². The van der Waals surface area contributed by atoms with Crippen molar-refractivity contribution in [1.82, 2.24) is 0 Å². The van der Waals surface area contributed by atoms with Crippen LogP contribution in [-0.4, -0.2) is 11.4 Å². The van der Waals surface area contributed by atoms with Gasteiger partial charge in [0.15, 0.2) is 0 Å². The van der Waals surface area contributed by atoms with Crippen LogP contribution < -0.4 is 11.1 Å². The molecule has 0 heterocycles. The van der Waals surface area contributed by atoms with Crippen LogP contribution in [0.5, 0.6) is 0 Å². The molecule has 0 aliphatic heterocycles. The number of amides is 1. The third kappa shape index (κ3) is 2.44. The number of carbonyl (C=O) groups excluding carboxylic acids is 1. The topological polar surface area (TPSA) is 55.1 Å². The average molecular weight is 283 g/mol. The van der Waals surface area contributed by atoms with Gasteiger partial charge in [-0.05, 0) is 31.0 Å². The Morgan fingerprint density at radius 1 is 1.38 bits per heavy atom. The van der Waals surface area contributed by atoms with Gasteiger partial charge in [-0.25, -0.2) is 0 Å². The van der Waals surface area contributed by atoms with Crippen LogP contribution in [0.15, 0.2) is 28.7 Å². The molecule has 1 saturated carbocycles.